The van der Waals surface area contributed by atoms with Crippen LogP contribution < -0.4 is 14.4 Å². The summed E-state index contributed by atoms with van der Waals surface area (Å²) in [6, 6.07) is 32.5. The number of hydrogen-bond acceptors (Lipinski definition) is 6. The Bertz CT molecular complexity index is 1970. The van der Waals surface area contributed by atoms with Crippen molar-refractivity contribution in [3.05, 3.63) is 125 Å². The van der Waals surface area contributed by atoms with E-state index < -0.39 is 0 Å². The molecule has 6 rings (SSSR count). The largest absolute Gasteiger partial charge is 0.493 e. The van der Waals surface area contributed by atoms with E-state index in [4.69, 9.17) is 14.5 Å². The summed E-state index contributed by atoms with van der Waals surface area (Å²) in [6.07, 6.45) is 12.9. The van der Waals surface area contributed by atoms with Crippen molar-refractivity contribution in [1.29, 1.82) is 0 Å². The van der Waals surface area contributed by atoms with Crippen LogP contribution in [0.4, 0.5) is 5.69 Å². The second kappa shape index (κ2) is 19.6. The maximum Gasteiger partial charge on any atom is 0.163 e. The summed E-state index contributed by atoms with van der Waals surface area (Å²) in [7, 11) is 3.43. The summed E-state index contributed by atoms with van der Waals surface area (Å²) in [5, 5.41) is 0. The quantitative estimate of drug-likeness (QED) is 0.0880. The van der Waals surface area contributed by atoms with Gasteiger partial charge in [-0.05, 0) is 144 Å². The molecule has 0 spiro atoms. The van der Waals surface area contributed by atoms with E-state index in [-0.39, 0.29) is 0 Å². The number of anilines is 1. The summed E-state index contributed by atoms with van der Waals surface area (Å²) >= 11 is 1.79. The molecule has 1 aliphatic rings. The Balaban J connectivity index is 1.20. The number of benzene rings is 4. The lowest BCUT2D eigenvalue weighted by molar-refractivity contribution is 0.201. The maximum atomic E-state index is 5.77. The van der Waals surface area contributed by atoms with E-state index in [1.54, 1.807) is 26.0 Å². The zero-order chi connectivity index (χ0) is 38.7. The second-order valence-electron chi connectivity index (χ2n) is 15.1. The molecule has 290 valence electrons. The Morgan fingerprint density at radius 2 is 1.40 bits per heavy atom. The van der Waals surface area contributed by atoms with Gasteiger partial charge in [-0.3, -0.25) is 9.88 Å². The molecule has 0 bridgehead atoms. The number of pyridine rings is 1. The van der Waals surface area contributed by atoms with E-state index in [9.17, 15) is 0 Å². The van der Waals surface area contributed by atoms with Crippen molar-refractivity contribution in [3.8, 4) is 33.9 Å². The first-order chi connectivity index (χ1) is 26.9. The van der Waals surface area contributed by atoms with Gasteiger partial charge in [0, 0.05) is 54.6 Å². The minimum absolute atomic E-state index is 0.443. The minimum Gasteiger partial charge on any atom is -0.493 e. The Labute approximate surface area is 335 Å². The Kier molecular flexibility index (Phi) is 14.4. The van der Waals surface area contributed by atoms with Crippen LogP contribution >= 0.6 is 11.8 Å². The predicted octanol–water partition coefficient (Wildman–Crippen LogP) is 12.0. The summed E-state index contributed by atoms with van der Waals surface area (Å²) < 4.78 is 11.5. The number of aromatic nitrogens is 1. The van der Waals surface area contributed by atoms with Crippen molar-refractivity contribution >= 4 is 17.4 Å². The highest BCUT2D eigenvalue weighted by Gasteiger charge is 2.26. The third kappa shape index (κ3) is 9.95. The predicted molar refractivity (Wildman–Crippen MR) is 234 cm³/mol. The van der Waals surface area contributed by atoms with Crippen LogP contribution in [0.15, 0.2) is 96.0 Å². The van der Waals surface area contributed by atoms with Gasteiger partial charge in [0.1, 0.15) is 0 Å². The lowest BCUT2D eigenvalue weighted by Crippen LogP contribution is -2.44. The molecular weight excluding hydrogens is 695 g/mol. The highest BCUT2D eigenvalue weighted by molar-refractivity contribution is 7.98. The molecule has 0 amide bonds. The highest BCUT2D eigenvalue weighted by Crippen LogP contribution is 2.37. The van der Waals surface area contributed by atoms with Crippen LogP contribution in [0.25, 0.3) is 22.4 Å². The highest BCUT2D eigenvalue weighted by atomic mass is 32.2. The van der Waals surface area contributed by atoms with Crippen molar-refractivity contribution in [1.82, 2.24) is 9.88 Å². The average Bonchev–Trinajstić information content (AvgIpc) is 3.22. The normalized spacial score (nSPS) is 13.6. The van der Waals surface area contributed by atoms with Gasteiger partial charge in [-0.25, -0.2) is 0 Å². The van der Waals surface area contributed by atoms with E-state index in [0.717, 1.165) is 93.0 Å². The maximum absolute atomic E-state index is 5.77. The molecular formula is C49H61N3O2S. The van der Waals surface area contributed by atoms with Crippen LogP contribution in [0.1, 0.15) is 86.3 Å². The second-order valence-corrected chi connectivity index (χ2v) is 16.0. The van der Waals surface area contributed by atoms with Crippen molar-refractivity contribution < 1.29 is 9.47 Å². The van der Waals surface area contributed by atoms with Gasteiger partial charge in [0.05, 0.1) is 19.9 Å². The van der Waals surface area contributed by atoms with Crippen LogP contribution in [0.2, 0.25) is 0 Å². The van der Waals surface area contributed by atoms with Gasteiger partial charge in [0.2, 0.25) is 0 Å². The van der Waals surface area contributed by atoms with E-state index in [1.807, 2.05) is 6.20 Å². The molecule has 0 atom stereocenters. The van der Waals surface area contributed by atoms with E-state index in [2.05, 4.69) is 129 Å². The Morgan fingerprint density at radius 3 is 2.04 bits per heavy atom. The number of methoxy groups -OCH3 is 2. The van der Waals surface area contributed by atoms with Gasteiger partial charge < -0.3 is 14.4 Å². The first kappa shape index (κ1) is 40.4. The molecule has 0 saturated carbocycles. The molecule has 5 nitrogen and oxygen atoms in total. The smallest absolute Gasteiger partial charge is 0.163 e. The fourth-order valence-electron chi connectivity index (χ4n) is 8.34. The Hall–Kier alpha value is -4.26. The van der Waals surface area contributed by atoms with Gasteiger partial charge in [0.25, 0.3) is 0 Å². The molecule has 1 aromatic heterocycles. The fourth-order valence-corrected chi connectivity index (χ4v) is 8.75. The number of nitrogens with zero attached hydrogens (tertiary/aromatic N) is 3. The van der Waals surface area contributed by atoms with Crippen LogP contribution in [0, 0.1) is 6.92 Å². The minimum atomic E-state index is 0.443. The number of thioether (sulfide) groups is 1. The molecule has 0 N–H and O–H groups in total. The van der Waals surface area contributed by atoms with Gasteiger partial charge in [-0.1, -0.05) is 70.4 Å². The van der Waals surface area contributed by atoms with E-state index in [0.29, 0.717) is 6.04 Å². The van der Waals surface area contributed by atoms with Crippen molar-refractivity contribution in [2.45, 2.75) is 103 Å². The number of ether oxygens (including phenoxy) is 2. The average molecular weight is 756 g/mol. The number of piperidine rings is 1. The summed E-state index contributed by atoms with van der Waals surface area (Å²) in [4.78, 5) is 11.4. The number of aryl methyl sites for hydroxylation is 3. The summed E-state index contributed by atoms with van der Waals surface area (Å²) in [5.41, 5.74) is 14.3. The molecule has 6 heteroatoms. The van der Waals surface area contributed by atoms with Crippen LogP contribution in [0.3, 0.4) is 0 Å². The lowest BCUT2D eigenvalue weighted by Gasteiger charge is -2.40. The summed E-state index contributed by atoms with van der Waals surface area (Å²) in [6.45, 7) is 13.0. The SMILES string of the molecule is CCCc1cc(-c2cccc(CN3CCC(N(Cc4ccnc(-c5cc(CCC)c(OC)c(OC)c5)c4)c4ccc(SC)cc4)CC3)c2)cc(CCC)c1C. The van der Waals surface area contributed by atoms with Gasteiger partial charge >= 0.3 is 0 Å². The molecule has 1 aliphatic heterocycles. The third-order valence-electron chi connectivity index (χ3n) is 11.3. The van der Waals surface area contributed by atoms with Crippen LogP contribution in [-0.2, 0) is 32.4 Å². The van der Waals surface area contributed by atoms with E-state index in [1.165, 1.54) is 62.4 Å². The number of rotatable bonds is 17. The molecule has 4 aromatic carbocycles. The third-order valence-corrected chi connectivity index (χ3v) is 12.0. The molecule has 0 radical (unpaired) electrons. The van der Waals surface area contributed by atoms with Crippen molar-refractivity contribution in [2.24, 2.45) is 0 Å². The molecule has 1 fully saturated rings. The first-order valence-electron chi connectivity index (χ1n) is 20.4. The molecule has 5 aromatic rings. The van der Waals surface area contributed by atoms with Crippen molar-refractivity contribution in [2.75, 3.05) is 38.5 Å². The molecule has 1 saturated heterocycles. The van der Waals surface area contributed by atoms with Gasteiger partial charge in [0.15, 0.2) is 11.5 Å². The topological polar surface area (TPSA) is 37.8 Å². The zero-order valence-electron chi connectivity index (χ0n) is 34.3. The van der Waals surface area contributed by atoms with E-state index >= 15 is 0 Å². The van der Waals surface area contributed by atoms with Gasteiger partial charge in [-0.2, -0.15) is 0 Å². The molecule has 0 unspecified atom stereocenters. The summed E-state index contributed by atoms with van der Waals surface area (Å²) in [5.74, 6) is 1.57. The fraction of sp³-hybridized carbons (Fsp3) is 0.408. The zero-order valence-corrected chi connectivity index (χ0v) is 35.1. The van der Waals surface area contributed by atoms with Crippen LogP contribution in [-0.4, -0.2) is 49.5 Å². The Morgan fingerprint density at radius 1 is 0.727 bits per heavy atom. The van der Waals surface area contributed by atoms with Crippen LogP contribution in [0.5, 0.6) is 11.5 Å². The molecule has 2 heterocycles. The number of likely N-dealkylation sites (tertiary alicyclic amines) is 1. The first-order valence-corrected chi connectivity index (χ1v) is 21.6. The standard InChI is InChI=1S/C49H61N3O2S/c1-8-12-38-29-42(30-39(13-9-2)35(38)4)40-16-11-15-36(27-40)33-51-25-22-45(23-26-51)52(44-17-19-46(55-7)20-18-44)34-37-21-24-50-47(28-37)43-31-41(14-10-3)49(54-6)48(32-43)53-5/h11,15-21,24,27-32,45H,8-10,12-14,22-23,25-26,33-34H2,1-7H3. The monoisotopic (exact) mass is 755 g/mol. The molecule has 55 heavy (non-hydrogen) atoms. The van der Waals surface area contributed by atoms with Crippen molar-refractivity contribution in [3.63, 3.8) is 0 Å². The number of hydrogen-bond donors (Lipinski definition) is 0. The van der Waals surface area contributed by atoms with Gasteiger partial charge in [-0.15, -0.1) is 11.8 Å². The lowest BCUT2D eigenvalue weighted by atomic mass is 9.91. The molecule has 0 aliphatic carbocycles.